The predicted octanol–water partition coefficient (Wildman–Crippen LogP) is 3.00. The molecule has 0 saturated heterocycles. The van der Waals surface area contributed by atoms with Crippen molar-refractivity contribution < 1.29 is 4.74 Å². The van der Waals surface area contributed by atoms with Crippen LogP contribution in [-0.4, -0.2) is 11.6 Å². The minimum atomic E-state index is 0.0612. The normalized spacial score (nSPS) is 16.1. The van der Waals surface area contributed by atoms with Crippen LogP contribution in [0.1, 0.15) is 19.4 Å². The summed E-state index contributed by atoms with van der Waals surface area (Å²) < 4.78 is 5.68. The van der Waals surface area contributed by atoms with E-state index in [2.05, 4.69) is 24.9 Å². The van der Waals surface area contributed by atoms with Crippen molar-refractivity contribution in [1.82, 2.24) is 4.98 Å². The second-order valence-electron chi connectivity index (χ2n) is 5.36. The lowest BCUT2D eigenvalue weighted by Crippen LogP contribution is -2.18. The van der Waals surface area contributed by atoms with E-state index in [1.807, 2.05) is 18.2 Å². The summed E-state index contributed by atoms with van der Waals surface area (Å²) in [5.41, 5.74) is 9.82. The fraction of sp³-hybridized carbons (Fsp3) is 0.267. The number of pyridine rings is 1. The fourth-order valence-electron chi connectivity index (χ4n) is 2.28. The van der Waals surface area contributed by atoms with Crippen LogP contribution in [0.2, 0.25) is 0 Å². The Labute approximate surface area is 107 Å². The van der Waals surface area contributed by atoms with Gasteiger partial charge in [-0.15, -0.1) is 0 Å². The standard InChI is InChI=1S/C15H16N2O/c1-15(2)9-18-14-4-3-10(7-12(14)15)13-8-11(16)5-6-17-13/h3-8H,9H2,1-2H3,(H2,16,17). The molecule has 2 N–H and O–H groups in total. The van der Waals surface area contributed by atoms with Crippen molar-refractivity contribution in [3.63, 3.8) is 0 Å². The zero-order valence-corrected chi connectivity index (χ0v) is 10.6. The summed E-state index contributed by atoms with van der Waals surface area (Å²) in [6, 6.07) is 9.89. The molecule has 1 aliphatic rings. The van der Waals surface area contributed by atoms with Crippen molar-refractivity contribution >= 4 is 5.69 Å². The summed E-state index contributed by atoms with van der Waals surface area (Å²) in [6.07, 6.45) is 1.74. The van der Waals surface area contributed by atoms with E-state index in [0.29, 0.717) is 0 Å². The quantitative estimate of drug-likeness (QED) is 0.833. The number of hydrogen-bond donors (Lipinski definition) is 1. The first kappa shape index (κ1) is 11.1. The van der Waals surface area contributed by atoms with Crippen molar-refractivity contribution in [3.8, 4) is 17.0 Å². The van der Waals surface area contributed by atoms with Crippen LogP contribution in [0.15, 0.2) is 36.5 Å². The fourth-order valence-corrected chi connectivity index (χ4v) is 2.28. The first-order chi connectivity index (χ1) is 8.56. The topological polar surface area (TPSA) is 48.1 Å². The highest BCUT2D eigenvalue weighted by Crippen LogP contribution is 2.40. The summed E-state index contributed by atoms with van der Waals surface area (Å²) in [5.74, 6) is 0.979. The first-order valence-electron chi connectivity index (χ1n) is 6.05. The molecule has 2 aromatic rings. The zero-order chi connectivity index (χ0) is 12.8. The highest BCUT2D eigenvalue weighted by atomic mass is 16.5. The van der Waals surface area contributed by atoms with E-state index in [1.165, 1.54) is 5.56 Å². The monoisotopic (exact) mass is 240 g/mol. The van der Waals surface area contributed by atoms with E-state index in [1.54, 1.807) is 12.3 Å². The van der Waals surface area contributed by atoms with Gasteiger partial charge >= 0.3 is 0 Å². The molecule has 18 heavy (non-hydrogen) atoms. The number of nitrogens with zero attached hydrogens (tertiary/aromatic N) is 1. The average Bonchev–Trinajstić information content (AvgIpc) is 2.65. The van der Waals surface area contributed by atoms with Crippen molar-refractivity contribution in [2.24, 2.45) is 0 Å². The smallest absolute Gasteiger partial charge is 0.123 e. The summed E-state index contributed by atoms with van der Waals surface area (Å²) in [7, 11) is 0. The molecule has 0 atom stereocenters. The molecule has 0 radical (unpaired) electrons. The van der Waals surface area contributed by atoms with Crippen molar-refractivity contribution in [2.75, 3.05) is 12.3 Å². The zero-order valence-electron chi connectivity index (χ0n) is 10.6. The van der Waals surface area contributed by atoms with Crippen molar-refractivity contribution in [1.29, 1.82) is 0 Å². The maximum absolute atomic E-state index is 5.80. The van der Waals surface area contributed by atoms with E-state index in [9.17, 15) is 0 Å². The number of rotatable bonds is 1. The third-order valence-corrected chi connectivity index (χ3v) is 3.38. The van der Waals surface area contributed by atoms with Crippen LogP contribution in [0.5, 0.6) is 5.75 Å². The number of aromatic nitrogens is 1. The molecule has 0 unspecified atom stereocenters. The molecular weight excluding hydrogens is 224 g/mol. The summed E-state index contributed by atoms with van der Waals surface area (Å²) >= 11 is 0. The molecule has 1 aromatic heterocycles. The Hall–Kier alpha value is -2.03. The Morgan fingerprint density at radius 1 is 1.22 bits per heavy atom. The molecule has 0 spiro atoms. The van der Waals surface area contributed by atoms with Crippen molar-refractivity contribution in [2.45, 2.75) is 19.3 Å². The molecule has 0 fully saturated rings. The summed E-state index contributed by atoms with van der Waals surface area (Å²) in [6.45, 7) is 5.11. The molecular formula is C15H16N2O. The summed E-state index contributed by atoms with van der Waals surface area (Å²) in [5, 5.41) is 0. The minimum Gasteiger partial charge on any atom is -0.492 e. The van der Waals surface area contributed by atoms with E-state index in [4.69, 9.17) is 10.5 Å². The molecule has 3 rings (SSSR count). The first-order valence-corrected chi connectivity index (χ1v) is 6.05. The van der Waals surface area contributed by atoms with Gasteiger partial charge in [0, 0.05) is 28.4 Å². The van der Waals surface area contributed by atoms with Crippen molar-refractivity contribution in [3.05, 3.63) is 42.1 Å². The van der Waals surface area contributed by atoms with Gasteiger partial charge in [-0.2, -0.15) is 0 Å². The van der Waals surface area contributed by atoms with Gasteiger partial charge in [0.1, 0.15) is 5.75 Å². The summed E-state index contributed by atoms with van der Waals surface area (Å²) in [4.78, 5) is 4.36. The van der Waals surface area contributed by atoms with E-state index in [-0.39, 0.29) is 5.41 Å². The lowest BCUT2D eigenvalue weighted by molar-refractivity contribution is 0.291. The molecule has 92 valence electrons. The van der Waals surface area contributed by atoms with Crippen LogP contribution in [-0.2, 0) is 5.41 Å². The Bertz CT molecular complexity index is 605. The highest BCUT2D eigenvalue weighted by Gasteiger charge is 2.31. The van der Waals surface area contributed by atoms with Gasteiger partial charge in [0.2, 0.25) is 0 Å². The largest absolute Gasteiger partial charge is 0.492 e. The average molecular weight is 240 g/mol. The van der Waals surface area contributed by atoms with Crippen LogP contribution in [0.3, 0.4) is 0 Å². The Morgan fingerprint density at radius 3 is 2.83 bits per heavy atom. The number of fused-ring (bicyclic) bond motifs is 1. The number of nitrogen functional groups attached to an aromatic ring is 1. The van der Waals surface area contributed by atoms with Gasteiger partial charge < -0.3 is 10.5 Å². The molecule has 1 aromatic carbocycles. The van der Waals surface area contributed by atoms with Crippen LogP contribution in [0.4, 0.5) is 5.69 Å². The van der Waals surface area contributed by atoms with Crippen LogP contribution in [0.25, 0.3) is 11.3 Å². The number of benzene rings is 1. The maximum atomic E-state index is 5.80. The second kappa shape index (κ2) is 3.73. The van der Waals surface area contributed by atoms with E-state index in [0.717, 1.165) is 29.3 Å². The number of hydrogen-bond acceptors (Lipinski definition) is 3. The number of ether oxygens (including phenoxy) is 1. The third-order valence-electron chi connectivity index (χ3n) is 3.38. The van der Waals surface area contributed by atoms with Gasteiger partial charge in [0.05, 0.1) is 12.3 Å². The molecule has 1 aliphatic heterocycles. The van der Waals surface area contributed by atoms with Crippen LogP contribution in [0, 0.1) is 0 Å². The van der Waals surface area contributed by atoms with Gasteiger partial charge in [0.15, 0.2) is 0 Å². The van der Waals surface area contributed by atoms with Gasteiger partial charge in [-0.05, 0) is 30.3 Å². The Morgan fingerprint density at radius 2 is 2.06 bits per heavy atom. The van der Waals surface area contributed by atoms with E-state index >= 15 is 0 Å². The number of anilines is 1. The van der Waals surface area contributed by atoms with Gasteiger partial charge in [-0.1, -0.05) is 13.8 Å². The third kappa shape index (κ3) is 1.72. The Kier molecular flexibility index (Phi) is 2.30. The van der Waals surface area contributed by atoms with Gasteiger partial charge in [0.25, 0.3) is 0 Å². The predicted molar refractivity (Wildman–Crippen MR) is 72.6 cm³/mol. The van der Waals surface area contributed by atoms with E-state index < -0.39 is 0 Å². The maximum Gasteiger partial charge on any atom is 0.123 e. The molecule has 0 bridgehead atoms. The minimum absolute atomic E-state index is 0.0612. The molecule has 0 saturated carbocycles. The second-order valence-corrected chi connectivity index (χ2v) is 5.36. The molecule has 2 heterocycles. The van der Waals surface area contributed by atoms with Crippen LogP contribution < -0.4 is 10.5 Å². The molecule has 0 amide bonds. The number of nitrogens with two attached hydrogens (primary N) is 1. The highest BCUT2D eigenvalue weighted by molar-refractivity contribution is 5.66. The lowest BCUT2D eigenvalue weighted by Gasteiger charge is -2.15. The molecule has 3 nitrogen and oxygen atoms in total. The molecule has 0 aliphatic carbocycles. The van der Waals surface area contributed by atoms with Crippen LogP contribution >= 0.6 is 0 Å². The Balaban J connectivity index is 2.11. The molecule has 3 heteroatoms. The SMILES string of the molecule is CC1(C)COc2ccc(-c3cc(N)ccn3)cc21. The lowest BCUT2D eigenvalue weighted by atomic mass is 9.86. The van der Waals surface area contributed by atoms with Gasteiger partial charge in [-0.3, -0.25) is 4.98 Å². The van der Waals surface area contributed by atoms with Gasteiger partial charge in [-0.25, -0.2) is 0 Å².